The van der Waals surface area contributed by atoms with E-state index < -0.39 is 0 Å². The number of hydrogen-bond donors (Lipinski definition) is 2. The molecule has 0 aromatic carbocycles. The maximum atomic E-state index is 11.5. The van der Waals surface area contributed by atoms with Crippen molar-refractivity contribution in [3.63, 3.8) is 0 Å². The first-order valence-electron chi connectivity index (χ1n) is 5.53. The summed E-state index contributed by atoms with van der Waals surface area (Å²) in [5.41, 5.74) is 0. The molecular weight excluding hydrogens is 236 g/mol. The van der Waals surface area contributed by atoms with Crippen LogP contribution in [0.4, 0.5) is 0 Å². The minimum atomic E-state index is -0.125. The molecule has 1 aliphatic heterocycles. The Morgan fingerprint density at radius 3 is 3.18 bits per heavy atom. The summed E-state index contributed by atoms with van der Waals surface area (Å²) in [6.45, 7) is 0.499. The second kappa shape index (κ2) is 5.63. The zero-order chi connectivity index (χ0) is 12.1. The number of thiophene rings is 1. The topological polar surface area (TPSA) is 58.2 Å². The van der Waals surface area contributed by atoms with Crippen LogP contribution in [0, 0.1) is 0 Å². The minimum absolute atomic E-state index is 0.0679. The van der Waals surface area contributed by atoms with Crippen molar-refractivity contribution in [3.05, 3.63) is 28.5 Å². The molecule has 0 unspecified atom stereocenters. The maximum Gasteiger partial charge on any atom is 0.244 e. The molecule has 1 aromatic rings. The van der Waals surface area contributed by atoms with Gasteiger partial charge >= 0.3 is 0 Å². The highest BCUT2D eigenvalue weighted by Gasteiger charge is 2.20. The molecular formula is C12H14N2O2S. The van der Waals surface area contributed by atoms with Gasteiger partial charge in [-0.2, -0.15) is 0 Å². The monoisotopic (exact) mass is 250 g/mol. The van der Waals surface area contributed by atoms with E-state index in [9.17, 15) is 9.59 Å². The first-order valence-corrected chi connectivity index (χ1v) is 6.41. The number of carbonyl (C=O) groups is 2. The summed E-state index contributed by atoms with van der Waals surface area (Å²) in [6.07, 6.45) is 4.66. The molecule has 5 heteroatoms. The van der Waals surface area contributed by atoms with Crippen LogP contribution < -0.4 is 10.6 Å². The third-order valence-electron chi connectivity index (χ3n) is 2.55. The molecule has 1 aromatic heterocycles. The molecule has 0 bridgehead atoms. The van der Waals surface area contributed by atoms with Crippen LogP contribution in [-0.4, -0.2) is 24.4 Å². The third kappa shape index (κ3) is 3.71. The van der Waals surface area contributed by atoms with Gasteiger partial charge in [-0.3, -0.25) is 9.59 Å². The summed E-state index contributed by atoms with van der Waals surface area (Å²) >= 11 is 1.58. The first-order chi connectivity index (χ1) is 8.24. The Balaban J connectivity index is 1.72. The lowest BCUT2D eigenvalue weighted by Crippen LogP contribution is -2.37. The van der Waals surface area contributed by atoms with Crippen molar-refractivity contribution in [1.82, 2.24) is 10.6 Å². The van der Waals surface area contributed by atoms with Gasteiger partial charge in [-0.25, -0.2) is 0 Å². The largest absolute Gasteiger partial charge is 0.352 e. The van der Waals surface area contributed by atoms with Crippen LogP contribution in [0.5, 0.6) is 0 Å². The molecule has 1 fully saturated rings. The average molecular weight is 250 g/mol. The molecule has 1 saturated heterocycles. The molecule has 1 atom stereocenters. The highest BCUT2D eigenvalue weighted by Crippen LogP contribution is 2.10. The quantitative estimate of drug-likeness (QED) is 0.788. The predicted molar refractivity (Wildman–Crippen MR) is 67.5 cm³/mol. The highest BCUT2D eigenvalue weighted by molar-refractivity contribution is 7.10. The number of nitrogens with one attached hydrogen (secondary N) is 2. The second-order valence-corrected chi connectivity index (χ2v) is 4.88. The van der Waals surface area contributed by atoms with Gasteiger partial charge < -0.3 is 10.6 Å². The van der Waals surface area contributed by atoms with Crippen molar-refractivity contribution in [3.8, 4) is 0 Å². The SMILES string of the molecule is O=C(/C=C/c1cccs1)NC[C@H]1CCC(=O)N1. The molecule has 0 saturated carbocycles. The normalized spacial score (nSPS) is 19.5. The second-order valence-electron chi connectivity index (χ2n) is 3.90. The van der Waals surface area contributed by atoms with E-state index in [1.807, 2.05) is 17.5 Å². The molecule has 2 N–H and O–H groups in total. The van der Waals surface area contributed by atoms with Gasteiger partial charge in [0.05, 0.1) is 0 Å². The minimum Gasteiger partial charge on any atom is -0.352 e. The van der Waals surface area contributed by atoms with Crippen molar-refractivity contribution in [2.45, 2.75) is 18.9 Å². The molecule has 2 amide bonds. The summed E-state index contributed by atoms with van der Waals surface area (Å²) in [6, 6.07) is 3.98. The Hall–Kier alpha value is -1.62. The summed E-state index contributed by atoms with van der Waals surface area (Å²) in [7, 11) is 0. The van der Waals surface area contributed by atoms with Crippen LogP contribution in [0.25, 0.3) is 6.08 Å². The van der Waals surface area contributed by atoms with Gasteiger partial charge in [0.2, 0.25) is 11.8 Å². The van der Waals surface area contributed by atoms with Gasteiger partial charge in [-0.1, -0.05) is 6.07 Å². The van der Waals surface area contributed by atoms with Crippen molar-refractivity contribution >= 4 is 29.2 Å². The van der Waals surface area contributed by atoms with Crippen LogP contribution in [0.1, 0.15) is 17.7 Å². The standard InChI is InChI=1S/C12H14N2O2S/c15-11(6-4-10-2-1-7-17-10)13-8-9-3-5-12(16)14-9/h1-2,4,6-7,9H,3,5,8H2,(H,13,15)(H,14,16)/b6-4+/t9-/m1/s1. The maximum absolute atomic E-state index is 11.5. The molecule has 0 radical (unpaired) electrons. The first kappa shape index (κ1) is 11.9. The number of rotatable bonds is 4. The Kier molecular flexibility index (Phi) is 3.93. The lowest BCUT2D eigenvalue weighted by atomic mass is 10.2. The van der Waals surface area contributed by atoms with E-state index >= 15 is 0 Å². The predicted octanol–water partition coefficient (Wildman–Crippen LogP) is 1.16. The summed E-state index contributed by atoms with van der Waals surface area (Å²) in [4.78, 5) is 23.5. The average Bonchev–Trinajstić information content (AvgIpc) is 2.95. The summed E-state index contributed by atoms with van der Waals surface area (Å²) in [5, 5.41) is 7.54. The van der Waals surface area contributed by atoms with Crippen LogP contribution in [0.3, 0.4) is 0 Å². The molecule has 1 aliphatic rings. The van der Waals surface area contributed by atoms with Crippen LogP contribution >= 0.6 is 11.3 Å². The van der Waals surface area contributed by atoms with Gasteiger partial charge in [0.15, 0.2) is 0 Å². The molecule has 90 valence electrons. The Morgan fingerprint density at radius 2 is 2.53 bits per heavy atom. The number of amides is 2. The fourth-order valence-corrected chi connectivity index (χ4v) is 2.28. The van der Waals surface area contributed by atoms with E-state index in [1.54, 1.807) is 17.4 Å². The van der Waals surface area contributed by atoms with Crippen molar-refractivity contribution in [1.29, 1.82) is 0 Å². The van der Waals surface area contributed by atoms with Crippen LogP contribution in [-0.2, 0) is 9.59 Å². The van der Waals surface area contributed by atoms with Crippen molar-refractivity contribution in [2.24, 2.45) is 0 Å². The van der Waals surface area contributed by atoms with Gasteiger partial charge in [0.25, 0.3) is 0 Å². The van der Waals surface area contributed by atoms with E-state index in [-0.39, 0.29) is 17.9 Å². The molecule has 0 aliphatic carbocycles. The van der Waals surface area contributed by atoms with Crippen LogP contribution in [0.2, 0.25) is 0 Å². The number of carbonyl (C=O) groups excluding carboxylic acids is 2. The fourth-order valence-electron chi connectivity index (χ4n) is 1.66. The van der Waals surface area contributed by atoms with Gasteiger partial charge in [-0.05, 0) is 23.9 Å². The zero-order valence-corrected chi connectivity index (χ0v) is 10.1. The van der Waals surface area contributed by atoms with E-state index in [1.165, 1.54) is 6.08 Å². The van der Waals surface area contributed by atoms with E-state index in [4.69, 9.17) is 0 Å². The fraction of sp³-hybridized carbons (Fsp3) is 0.333. The Labute approximate surface area is 104 Å². The lowest BCUT2D eigenvalue weighted by Gasteiger charge is -2.09. The molecule has 2 heterocycles. The van der Waals surface area contributed by atoms with Crippen molar-refractivity contribution in [2.75, 3.05) is 6.54 Å². The van der Waals surface area contributed by atoms with E-state index in [0.29, 0.717) is 13.0 Å². The molecule has 17 heavy (non-hydrogen) atoms. The number of hydrogen-bond acceptors (Lipinski definition) is 3. The smallest absolute Gasteiger partial charge is 0.244 e. The van der Waals surface area contributed by atoms with Gasteiger partial charge in [0, 0.05) is 30.0 Å². The summed E-state index contributed by atoms with van der Waals surface area (Å²) in [5.74, 6) is -0.0575. The Bertz CT molecular complexity index is 426. The van der Waals surface area contributed by atoms with Gasteiger partial charge in [0.1, 0.15) is 0 Å². The highest BCUT2D eigenvalue weighted by atomic mass is 32.1. The molecule has 4 nitrogen and oxygen atoms in total. The van der Waals surface area contributed by atoms with Crippen molar-refractivity contribution < 1.29 is 9.59 Å². The molecule has 2 rings (SSSR count). The third-order valence-corrected chi connectivity index (χ3v) is 3.39. The van der Waals surface area contributed by atoms with Crippen LogP contribution in [0.15, 0.2) is 23.6 Å². The van der Waals surface area contributed by atoms with E-state index in [0.717, 1.165) is 11.3 Å². The molecule has 0 spiro atoms. The van der Waals surface area contributed by atoms with Gasteiger partial charge in [-0.15, -0.1) is 11.3 Å². The summed E-state index contributed by atoms with van der Waals surface area (Å²) < 4.78 is 0. The Morgan fingerprint density at radius 1 is 1.65 bits per heavy atom. The lowest BCUT2D eigenvalue weighted by molar-refractivity contribution is -0.120. The van der Waals surface area contributed by atoms with E-state index in [2.05, 4.69) is 10.6 Å². The zero-order valence-electron chi connectivity index (χ0n) is 9.31.